The van der Waals surface area contributed by atoms with Crippen LogP contribution in [-0.4, -0.2) is 38.6 Å². The van der Waals surface area contributed by atoms with Crippen molar-refractivity contribution < 1.29 is 19.1 Å². The third-order valence-corrected chi connectivity index (χ3v) is 6.76. The lowest BCUT2D eigenvalue weighted by atomic mass is 9.95. The number of ether oxygens (including phenoxy) is 1. The van der Waals surface area contributed by atoms with Gasteiger partial charge in [0, 0.05) is 37.5 Å². The highest BCUT2D eigenvalue weighted by atomic mass is 16.5. The molecule has 0 saturated heterocycles. The maximum atomic E-state index is 11.8. The summed E-state index contributed by atoms with van der Waals surface area (Å²) in [6.45, 7) is 6.10. The standard InChI is InChI=1S/C27H27N3O5/c1-4-30(14-24(31)19-7-8-20-21(16(19)2)15-34-26(20)32)13-17-5-9-22(28-12-17)18-6-10-25-23(11-18)29(3)27(33)35-25/h5-12,24,31H,4,13-15H2,1-3H3. The minimum Gasteiger partial charge on any atom is -0.457 e. The Kier molecular flexibility index (Phi) is 6.00. The SMILES string of the molecule is CCN(Cc1ccc(-c2ccc3oc(=O)n(C)c3c2)nc1)CC(O)c1ccc2c(c1C)COC2=O. The van der Waals surface area contributed by atoms with Crippen molar-refractivity contribution in [3.8, 4) is 11.3 Å². The molecule has 180 valence electrons. The summed E-state index contributed by atoms with van der Waals surface area (Å²) in [5, 5.41) is 11.0. The number of hydrogen-bond donors (Lipinski definition) is 1. The van der Waals surface area contributed by atoms with Gasteiger partial charge in [0.25, 0.3) is 0 Å². The maximum Gasteiger partial charge on any atom is 0.419 e. The predicted molar refractivity (Wildman–Crippen MR) is 131 cm³/mol. The van der Waals surface area contributed by atoms with Gasteiger partial charge in [0.15, 0.2) is 5.58 Å². The molecule has 0 aliphatic carbocycles. The highest BCUT2D eigenvalue weighted by Gasteiger charge is 2.26. The quantitative estimate of drug-likeness (QED) is 0.409. The van der Waals surface area contributed by atoms with E-state index in [-0.39, 0.29) is 18.3 Å². The molecule has 5 rings (SSSR count). The molecule has 0 bridgehead atoms. The monoisotopic (exact) mass is 473 g/mol. The van der Waals surface area contributed by atoms with Crippen molar-refractivity contribution in [2.75, 3.05) is 13.1 Å². The second-order valence-electron chi connectivity index (χ2n) is 8.89. The van der Waals surface area contributed by atoms with Gasteiger partial charge in [-0.25, -0.2) is 9.59 Å². The molecule has 2 aromatic heterocycles. The normalized spacial score (nSPS) is 13.9. The van der Waals surface area contributed by atoms with Crippen molar-refractivity contribution in [1.82, 2.24) is 14.5 Å². The molecule has 35 heavy (non-hydrogen) atoms. The van der Waals surface area contributed by atoms with Gasteiger partial charge in [-0.1, -0.05) is 19.1 Å². The van der Waals surface area contributed by atoms with Crippen LogP contribution in [0.1, 0.15) is 45.6 Å². The molecule has 1 aliphatic rings. The molecule has 8 nitrogen and oxygen atoms in total. The number of rotatable bonds is 7. The molecule has 0 radical (unpaired) electrons. The van der Waals surface area contributed by atoms with Crippen LogP contribution < -0.4 is 5.76 Å². The van der Waals surface area contributed by atoms with Crippen LogP contribution in [0.5, 0.6) is 0 Å². The smallest absolute Gasteiger partial charge is 0.419 e. The molecule has 1 N–H and O–H groups in total. The zero-order valence-electron chi connectivity index (χ0n) is 19.9. The van der Waals surface area contributed by atoms with E-state index >= 15 is 0 Å². The molecule has 0 fully saturated rings. The summed E-state index contributed by atoms with van der Waals surface area (Å²) in [5.41, 5.74) is 7.19. The lowest BCUT2D eigenvalue weighted by Gasteiger charge is -2.25. The number of fused-ring (bicyclic) bond motifs is 2. The zero-order chi connectivity index (χ0) is 24.7. The van der Waals surface area contributed by atoms with Crippen molar-refractivity contribution >= 4 is 17.1 Å². The Morgan fingerprint density at radius 2 is 2.00 bits per heavy atom. The molecular formula is C27H27N3O5. The third kappa shape index (κ3) is 4.26. The first-order valence-corrected chi connectivity index (χ1v) is 11.6. The van der Waals surface area contributed by atoms with Crippen molar-refractivity contribution in [2.24, 2.45) is 7.05 Å². The van der Waals surface area contributed by atoms with Crippen LogP contribution in [0.25, 0.3) is 22.4 Å². The van der Waals surface area contributed by atoms with Crippen molar-refractivity contribution in [2.45, 2.75) is 33.1 Å². The summed E-state index contributed by atoms with van der Waals surface area (Å²) in [6, 6.07) is 13.1. The number of cyclic esters (lactones) is 1. The Balaban J connectivity index is 1.29. The first kappa shape index (κ1) is 23.0. The van der Waals surface area contributed by atoms with E-state index in [0.29, 0.717) is 24.2 Å². The van der Waals surface area contributed by atoms with E-state index in [1.807, 2.05) is 43.5 Å². The van der Waals surface area contributed by atoms with Crippen molar-refractivity contribution in [3.05, 3.63) is 87.0 Å². The Hall–Kier alpha value is -3.75. The molecule has 0 saturated carbocycles. The number of aliphatic hydroxyl groups excluding tert-OH is 1. The van der Waals surface area contributed by atoms with Gasteiger partial charge in [-0.3, -0.25) is 14.5 Å². The highest BCUT2D eigenvalue weighted by molar-refractivity contribution is 5.94. The molecule has 4 aromatic rings. The number of likely N-dealkylation sites (N-methyl/N-ethyl adjacent to an activating group) is 1. The molecule has 0 amide bonds. The fraction of sp³-hybridized carbons (Fsp3) is 0.296. The van der Waals surface area contributed by atoms with E-state index in [4.69, 9.17) is 9.15 Å². The lowest BCUT2D eigenvalue weighted by molar-refractivity contribution is 0.0535. The fourth-order valence-electron chi connectivity index (χ4n) is 4.61. The largest absolute Gasteiger partial charge is 0.457 e. The van der Waals surface area contributed by atoms with E-state index in [2.05, 4.69) is 16.8 Å². The average Bonchev–Trinajstić information content (AvgIpc) is 3.38. The van der Waals surface area contributed by atoms with Crippen molar-refractivity contribution in [3.63, 3.8) is 0 Å². The number of carbonyl (C=O) groups excluding carboxylic acids is 1. The summed E-state index contributed by atoms with van der Waals surface area (Å²) in [5.74, 6) is -0.691. The van der Waals surface area contributed by atoms with E-state index in [1.54, 1.807) is 19.2 Å². The Morgan fingerprint density at radius 1 is 1.17 bits per heavy atom. The molecule has 1 unspecified atom stereocenters. The fourth-order valence-corrected chi connectivity index (χ4v) is 4.61. The van der Waals surface area contributed by atoms with Gasteiger partial charge in [-0.05, 0) is 60.5 Å². The topological polar surface area (TPSA) is 97.8 Å². The lowest BCUT2D eigenvalue weighted by Crippen LogP contribution is -2.28. The summed E-state index contributed by atoms with van der Waals surface area (Å²) in [7, 11) is 1.68. The van der Waals surface area contributed by atoms with Crippen LogP contribution in [-0.2, 0) is 24.9 Å². The summed E-state index contributed by atoms with van der Waals surface area (Å²) in [6.07, 6.45) is 1.16. The number of aromatic nitrogens is 2. The number of pyridine rings is 1. The zero-order valence-corrected chi connectivity index (χ0v) is 19.9. The van der Waals surface area contributed by atoms with E-state index in [0.717, 1.165) is 45.6 Å². The third-order valence-electron chi connectivity index (χ3n) is 6.76. The summed E-state index contributed by atoms with van der Waals surface area (Å²) < 4.78 is 11.8. The number of benzene rings is 2. The molecule has 1 atom stereocenters. The van der Waals surface area contributed by atoms with Gasteiger partial charge in [-0.2, -0.15) is 0 Å². The van der Waals surface area contributed by atoms with Crippen molar-refractivity contribution in [1.29, 1.82) is 0 Å². The van der Waals surface area contributed by atoms with Crippen LogP contribution in [0.2, 0.25) is 0 Å². The molecule has 1 aliphatic heterocycles. The Bertz CT molecular complexity index is 1470. The highest BCUT2D eigenvalue weighted by Crippen LogP contribution is 2.30. The summed E-state index contributed by atoms with van der Waals surface area (Å²) >= 11 is 0. The Labute approximate surface area is 202 Å². The van der Waals surface area contributed by atoms with Crippen LogP contribution in [0, 0.1) is 6.92 Å². The van der Waals surface area contributed by atoms with Crippen LogP contribution in [0.15, 0.2) is 57.9 Å². The number of esters is 1. The van der Waals surface area contributed by atoms with Gasteiger partial charge in [0.2, 0.25) is 0 Å². The number of carbonyl (C=O) groups is 1. The average molecular weight is 474 g/mol. The van der Waals surface area contributed by atoms with Crippen LogP contribution in [0.3, 0.4) is 0 Å². The number of oxazole rings is 1. The number of nitrogens with zero attached hydrogens (tertiary/aromatic N) is 3. The van der Waals surface area contributed by atoms with Crippen LogP contribution in [0.4, 0.5) is 0 Å². The minimum absolute atomic E-state index is 0.264. The van der Waals surface area contributed by atoms with Crippen LogP contribution >= 0.6 is 0 Å². The first-order chi connectivity index (χ1) is 16.9. The van der Waals surface area contributed by atoms with Gasteiger partial charge in [-0.15, -0.1) is 0 Å². The maximum absolute atomic E-state index is 11.8. The number of aliphatic hydroxyl groups is 1. The van der Waals surface area contributed by atoms with E-state index in [9.17, 15) is 14.7 Å². The number of hydrogen-bond acceptors (Lipinski definition) is 7. The number of aryl methyl sites for hydroxylation is 1. The summed E-state index contributed by atoms with van der Waals surface area (Å²) in [4.78, 5) is 30.3. The van der Waals surface area contributed by atoms with Gasteiger partial charge >= 0.3 is 11.7 Å². The molecule has 3 heterocycles. The minimum atomic E-state index is -0.684. The predicted octanol–water partition coefficient (Wildman–Crippen LogP) is 3.73. The van der Waals surface area contributed by atoms with Gasteiger partial charge in [0.05, 0.1) is 22.9 Å². The molecular weight excluding hydrogens is 446 g/mol. The molecule has 0 spiro atoms. The second-order valence-corrected chi connectivity index (χ2v) is 8.89. The molecule has 8 heteroatoms. The van der Waals surface area contributed by atoms with E-state index < -0.39 is 6.10 Å². The van der Waals surface area contributed by atoms with Gasteiger partial charge in [0.1, 0.15) is 6.61 Å². The second kappa shape index (κ2) is 9.13. The molecule has 2 aromatic carbocycles. The van der Waals surface area contributed by atoms with E-state index in [1.165, 1.54) is 4.57 Å². The first-order valence-electron chi connectivity index (χ1n) is 11.6. The van der Waals surface area contributed by atoms with Gasteiger partial charge < -0.3 is 14.3 Å². The Morgan fingerprint density at radius 3 is 2.74 bits per heavy atom.